The summed E-state index contributed by atoms with van der Waals surface area (Å²) in [5.41, 5.74) is 2.16. The SMILES string of the molecule is CC.Cc1ccc(CC(C)C)c(O)c1. The van der Waals surface area contributed by atoms with Crippen LogP contribution in [-0.2, 0) is 6.42 Å². The molecule has 0 unspecified atom stereocenters. The Kier molecular flexibility index (Phi) is 6.02. The van der Waals surface area contributed by atoms with Crippen LogP contribution in [0.15, 0.2) is 18.2 Å². The van der Waals surface area contributed by atoms with Crippen molar-refractivity contribution in [3.63, 3.8) is 0 Å². The van der Waals surface area contributed by atoms with Gasteiger partial charge in [0.25, 0.3) is 0 Å². The summed E-state index contributed by atoms with van der Waals surface area (Å²) in [5, 5.41) is 9.54. The summed E-state index contributed by atoms with van der Waals surface area (Å²) in [4.78, 5) is 0. The van der Waals surface area contributed by atoms with E-state index < -0.39 is 0 Å². The van der Waals surface area contributed by atoms with Crippen LogP contribution in [0.2, 0.25) is 0 Å². The summed E-state index contributed by atoms with van der Waals surface area (Å²) in [7, 11) is 0. The Balaban J connectivity index is 0.000000791. The van der Waals surface area contributed by atoms with Crippen LogP contribution in [0.3, 0.4) is 0 Å². The second-order valence-electron chi connectivity index (χ2n) is 3.73. The van der Waals surface area contributed by atoms with Gasteiger partial charge in [0, 0.05) is 0 Å². The van der Waals surface area contributed by atoms with Crippen molar-refractivity contribution in [2.45, 2.75) is 41.0 Å². The lowest BCUT2D eigenvalue weighted by Crippen LogP contribution is -1.94. The van der Waals surface area contributed by atoms with E-state index >= 15 is 0 Å². The molecule has 1 heteroatoms. The smallest absolute Gasteiger partial charge is 0.119 e. The average molecular weight is 194 g/mol. The van der Waals surface area contributed by atoms with Crippen molar-refractivity contribution in [3.05, 3.63) is 29.3 Å². The summed E-state index contributed by atoms with van der Waals surface area (Å²) in [5.74, 6) is 1.03. The van der Waals surface area contributed by atoms with Crippen molar-refractivity contribution in [1.29, 1.82) is 0 Å². The quantitative estimate of drug-likeness (QED) is 0.756. The first-order chi connectivity index (χ1) is 6.59. The molecule has 0 bridgehead atoms. The zero-order valence-corrected chi connectivity index (χ0v) is 9.96. The maximum absolute atomic E-state index is 9.54. The van der Waals surface area contributed by atoms with Crippen LogP contribution in [-0.4, -0.2) is 5.11 Å². The van der Waals surface area contributed by atoms with Crippen LogP contribution < -0.4 is 0 Å². The van der Waals surface area contributed by atoms with E-state index in [1.165, 1.54) is 0 Å². The van der Waals surface area contributed by atoms with Gasteiger partial charge in [-0.25, -0.2) is 0 Å². The Hall–Kier alpha value is -0.980. The third-order valence-corrected chi connectivity index (χ3v) is 1.87. The van der Waals surface area contributed by atoms with Crippen molar-refractivity contribution < 1.29 is 5.11 Å². The maximum atomic E-state index is 9.54. The number of rotatable bonds is 2. The highest BCUT2D eigenvalue weighted by Gasteiger charge is 2.02. The minimum atomic E-state index is 0.434. The van der Waals surface area contributed by atoms with Crippen LogP contribution in [0.1, 0.15) is 38.8 Å². The number of aromatic hydroxyl groups is 1. The fourth-order valence-corrected chi connectivity index (χ4v) is 1.29. The number of phenols is 1. The molecule has 0 heterocycles. The molecule has 0 aliphatic carbocycles. The molecule has 0 amide bonds. The largest absolute Gasteiger partial charge is 0.508 e. The second-order valence-corrected chi connectivity index (χ2v) is 3.73. The monoisotopic (exact) mass is 194 g/mol. The first-order valence-corrected chi connectivity index (χ1v) is 5.38. The lowest BCUT2D eigenvalue weighted by Gasteiger charge is -2.07. The molecule has 0 radical (unpaired) electrons. The molecule has 1 rings (SSSR count). The van der Waals surface area contributed by atoms with Crippen molar-refractivity contribution in [1.82, 2.24) is 0 Å². The highest BCUT2D eigenvalue weighted by Crippen LogP contribution is 2.21. The van der Waals surface area contributed by atoms with Crippen molar-refractivity contribution in [2.24, 2.45) is 5.92 Å². The van der Waals surface area contributed by atoms with Gasteiger partial charge in [-0.2, -0.15) is 0 Å². The minimum absolute atomic E-state index is 0.434. The van der Waals surface area contributed by atoms with E-state index in [2.05, 4.69) is 13.8 Å². The third-order valence-electron chi connectivity index (χ3n) is 1.87. The van der Waals surface area contributed by atoms with Crippen molar-refractivity contribution in [2.75, 3.05) is 0 Å². The lowest BCUT2D eigenvalue weighted by atomic mass is 10.0. The van der Waals surface area contributed by atoms with Crippen LogP contribution >= 0.6 is 0 Å². The summed E-state index contributed by atoms with van der Waals surface area (Å²) in [6.07, 6.45) is 0.951. The molecule has 0 fully saturated rings. The molecule has 1 aromatic carbocycles. The molecule has 0 spiro atoms. The zero-order valence-electron chi connectivity index (χ0n) is 9.96. The van der Waals surface area contributed by atoms with Crippen LogP contribution in [0.4, 0.5) is 0 Å². The molecule has 1 nitrogen and oxygen atoms in total. The van der Waals surface area contributed by atoms with E-state index in [1.807, 2.05) is 39.0 Å². The lowest BCUT2D eigenvalue weighted by molar-refractivity contribution is 0.462. The van der Waals surface area contributed by atoms with Crippen molar-refractivity contribution in [3.8, 4) is 5.75 Å². The zero-order chi connectivity index (χ0) is 11.1. The van der Waals surface area contributed by atoms with Gasteiger partial charge in [-0.3, -0.25) is 0 Å². The predicted molar refractivity (Wildman–Crippen MR) is 62.7 cm³/mol. The van der Waals surface area contributed by atoms with E-state index in [-0.39, 0.29) is 0 Å². The third kappa shape index (κ3) is 4.31. The second kappa shape index (κ2) is 6.47. The molecular weight excluding hydrogens is 172 g/mol. The van der Waals surface area contributed by atoms with Gasteiger partial charge >= 0.3 is 0 Å². The molecule has 1 aromatic rings. The van der Waals surface area contributed by atoms with Gasteiger partial charge in [-0.15, -0.1) is 0 Å². The standard InChI is InChI=1S/C11H16O.C2H6/c1-8(2)6-10-5-4-9(3)7-11(10)12;1-2/h4-5,7-8,12H,6H2,1-3H3;1-2H3. The van der Waals surface area contributed by atoms with Gasteiger partial charge in [-0.05, 0) is 36.5 Å². The Bertz CT molecular complexity index is 264. The molecule has 1 N–H and O–H groups in total. The number of hydrogen-bond acceptors (Lipinski definition) is 1. The Labute approximate surface area is 87.8 Å². The minimum Gasteiger partial charge on any atom is -0.508 e. The van der Waals surface area contributed by atoms with Crippen LogP contribution in [0.5, 0.6) is 5.75 Å². The normalized spacial score (nSPS) is 9.57. The van der Waals surface area contributed by atoms with E-state index in [0.717, 1.165) is 17.5 Å². The summed E-state index contributed by atoms with van der Waals surface area (Å²) in [6.45, 7) is 10.3. The maximum Gasteiger partial charge on any atom is 0.119 e. The van der Waals surface area contributed by atoms with Gasteiger partial charge < -0.3 is 5.11 Å². The highest BCUT2D eigenvalue weighted by molar-refractivity contribution is 5.35. The summed E-state index contributed by atoms with van der Waals surface area (Å²) in [6, 6.07) is 5.86. The molecule has 80 valence electrons. The Morgan fingerprint density at radius 1 is 1.21 bits per heavy atom. The molecule has 0 saturated carbocycles. The molecule has 0 aliphatic heterocycles. The van der Waals surface area contributed by atoms with E-state index in [9.17, 15) is 5.11 Å². The molecule has 14 heavy (non-hydrogen) atoms. The molecule has 0 atom stereocenters. The first-order valence-electron chi connectivity index (χ1n) is 5.38. The Morgan fingerprint density at radius 3 is 2.21 bits per heavy atom. The summed E-state index contributed by atoms with van der Waals surface area (Å²) < 4.78 is 0. The molecule has 0 saturated heterocycles. The van der Waals surface area contributed by atoms with Crippen LogP contribution in [0, 0.1) is 12.8 Å². The number of hydrogen-bond donors (Lipinski definition) is 1. The van der Waals surface area contributed by atoms with Gasteiger partial charge in [-0.1, -0.05) is 39.8 Å². The van der Waals surface area contributed by atoms with E-state index in [1.54, 1.807) is 0 Å². The summed E-state index contributed by atoms with van der Waals surface area (Å²) >= 11 is 0. The first kappa shape index (κ1) is 13.0. The average Bonchev–Trinajstić information content (AvgIpc) is 2.13. The molecule has 0 aromatic heterocycles. The molecular formula is C13H22O. The topological polar surface area (TPSA) is 20.2 Å². The number of phenolic OH excluding ortho intramolecular Hbond substituents is 1. The number of aryl methyl sites for hydroxylation is 1. The van der Waals surface area contributed by atoms with E-state index in [4.69, 9.17) is 0 Å². The van der Waals surface area contributed by atoms with Gasteiger partial charge in [0.2, 0.25) is 0 Å². The van der Waals surface area contributed by atoms with Gasteiger partial charge in [0.1, 0.15) is 5.75 Å². The van der Waals surface area contributed by atoms with Crippen molar-refractivity contribution >= 4 is 0 Å². The Morgan fingerprint density at radius 2 is 1.79 bits per heavy atom. The van der Waals surface area contributed by atoms with Gasteiger partial charge in [0.05, 0.1) is 0 Å². The van der Waals surface area contributed by atoms with Gasteiger partial charge in [0.15, 0.2) is 0 Å². The van der Waals surface area contributed by atoms with Crippen LogP contribution in [0.25, 0.3) is 0 Å². The fourth-order valence-electron chi connectivity index (χ4n) is 1.29. The highest BCUT2D eigenvalue weighted by atomic mass is 16.3. The molecule has 0 aliphatic rings. The predicted octanol–water partition coefficient (Wildman–Crippen LogP) is 3.93. The van der Waals surface area contributed by atoms with E-state index in [0.29, 0.717) is 11.7 Å². The fraction of sp³-hybridized carbons (Fsp3) is 0.538. The number of benzene rings is 1.